The molecule has 3 aromatic rings. The highest BCUT2D eigenvalue weighted by Gasteiger charge is 2.42. The molecule has 2 N–H and O–H groups in total. The van der Waals surface area contributed by atoms with Gasteiger partial charge in [0.25, 0.3) is 0 Å². The minimum Gasteiger partial charge on any atom is -0.466 e. The van der Waals surface area contributed by atoms with E-state index in [2.05, 4.69) is 6.07 Å². The lowest BCUT2D eigenvalue weighted by Crippen LogP contribution is -2.40. The van der Waals surface area contributed by atoms with Crippen molar-refractivity contribution in [3.63, 3.8) is 0 Å². The molecule has 186 valence electrons. The summed E-state index contributed by atoms with van der Waals surface area (Å²) in [5, 5.41) is 11.1. The van der Waals surface area contributed by atoms with Crippen molar-refractivity contribution < 1.29 is 19.1 Å². The SMILES string of the molecule is COC(=O)C1=C(C(=O)OC)N(c2ccc(-c3cc(Cl)cc(Cl)c3)cc2)C(N)=C(C#N)C1c1ccccc1. The van der Waals surface area contributed by atoms with Gasteiger partial charge in [0.05, 0.1) is 37.4 Å². The van der Waals surface area contributed by atoms with E-state index in [-0.39, 0.29) is 22.7 Å². The first-order valence-electron chi connectivity index (χ1n) is 11.0. The van der Waals surface area contributed by atoms with Crippen LogP contribution in [-0.2, 0) is 19.1 Å². The number of benzene rings is 3. The number of hydrogen-bond acceptors (Lipinski definition) is 7. The Labute approximate surface area is 223 Å². The second-order valence-corrected chi connectivity index (χ2v) is 8.91. The van der Waals surface area contributed by atoms with Crippen molar-refractivity contribution in [1.82, 2.24) is 0 Å². The van der Waals surface area contributed by atoms with E-state index in [1.165, 1.54) is 19.1 Å². The van der Waals surface area contributed by atoms with E-state index in [1.54, 1.807) is 72.8 Å². The molecule has 0 saturated carbocycles. The number of halogens is 2. The number of carbonyl (C=O) groups excluding carboxylic acids is 2. The molecule has 1 atom stereocenters. The number of nitriles is 1. The number of allylic oxidation sites excluding steroid dienone is 1. The van der Waals surface area contributed by atoms with Crippen LogP contribution in [0.15, 0.2) is 95.5 Å². The highest BCUT2D eigenvalue weighted by Crippen LogP contribution is 2.43. The molecule has 0 spiro atoms. The van der Waals surface area contributed by atoms with Crippen molar-refractivity contribution in [3.8, 4) is 17.2 Å². The van der Waals surface area contributed by atoms with Crippen LogP contribution >= 0.6 is 23.2 Å². The van der Waals surface area contributed by atoms with E-state index in [4.69, 9.17) is 38.4 Å². The number of nitrogens with zero attached hydrogens (tertiary/aromatic N) is 2. The third-order valence-corrected chi connectivity index (χ3v) is 6.37. The summed E-state index contributed by atoms with van der Waals surface area (Å²) in [5.74, 6) is -2.54. The van der Waals surface area contributed by atoms with Crippen LogP contribution in [0.1, 0.15) is 11.5 Å². The third kappa shape index (κ3) is 4.90. The number of methoxy groups -OCH3 is 2. The molecule has 0 bridgehead atoms. The molecule has 37 heavy (non-hydrogen) atoms. The first kappa shape index (κ1) is 25.8. The predicted molar refractivity (Wildman–Crippen MR) is 141 cm³/mol. The Balaban J connectivity index is 1.94. The maximum absolute atomic E-state index is 13.1. The minimum atomic E-state index is -0.933. The molecule has 4 rings (SSSR count). The third-order valence-electron chi connectivity index (χ3n) is 5.93. The molecular formula is C28H21Cl2N3O4. The van der Waals surface area contributed by atoms with Gasteiger partial charge >= 0.3 is 11.9 Å². The first-order valence-corrected chi connectivity index (χ1v) is 11.8. The topological polar surface area (TPSA) is 106 Å². The molecule has 9 heteroatoms. The van der Waals surface area contributed by atoms with Gasteiger partial charge in [-0.2, -0.15) is 5.26 Å². The molecule has 0 radical (unpaired) electrons. The van der Waals surface area contributed by atoms with Gasteiger partial charge in [-0.3, -0.25) is 4.90 Å². The summed E-state index contributed by atoms with van der Waals surface area (Å²) in [7, 11) is 2.40. The maximum atomic E-state index is 13.1. The first-order chi connectivity index (χ1) is 17.8. The fourth-order valence-electron chi connectivity index (χ4n) is 4.30. The number of ether oxygens (including phenoxy) is 2. The van der Waals surface area contributed by atoms with Crippen LogP contribution in [0, 0.1) is 11.3 Å². The molecule has 0 saturated heterocycles. The van der Waals surface area contributed by atoms with Gasteiger partial charge < -0.3 is 15.2 Å². The molecule has 1 heterocycles. The van der Waals surface area contributed by atoms with Gasteiger partial charge in [-0.25, -0.2) is 9.59 Å². The van der Waals surface area contributed by atoms with E-state index >= 15 is 0 Å². The molecule has 3 aromatic carbocycles. The molecule has 0 aliphatic carbocycles. The number of carbonyl (C=O) groups is 2. The van der Waals surface area contributed by atoms with Gasteiger partial charge in [0.1, 0.15) is 11.5 Å². The van der Waals surface area contributed by atoms with Gasteiger partial charge in [0.2, 0.25) is 0 Å². The lowest BCUT2D eigenvalue weighted by atomic mass is 9.81. The quantitative estimate of drug-likeness (QED) is 0.428. The van der Waals surface area contributed by atoms with Gasteiger partial charge in [0, 0.05) is 15.7 Å². The summed E-state index contributed by atoms with van der Waals surface area (Å²) in [5.41, 5.74) is 9.02. The Morgan fingerprint density at radius 2 is 1.49 bits per heavy atom. The summed E-state index contributed by atoms with van der Waals surface area (Å²) in [6.45, 7) is 0. The van der Waals surface area contributed by atoms with Crippen molar-refractivity contribution >= 4 is 40.8 Å². The molecule has 1 unspecified atom stereocenters. The smallest absolute Gasteiger partial charge is 0.355 e. The molecule has 0 fully saturated rings. The summed E-state index contributed by atoms with van der Waals surface area (Å²) in [6, 6.07) is 23.1. The Hall–Kier alpha value is -4.25. The zero-order valence-corrected chi connectivity index (χ0v) is 21.4. The van der Waals surface area contributed by atoms with E-state index in [9.17, 15) is 14.9 Å². The van der Waals surface area contributed by atoms with Crippen LogP contribution < -0.4 is 10.6 Å². The van der Waals surface area contributed by atoms with Crippen molar-refractivity contribution in [2.75, 3.05) is 19.1 Å². The Bertz CT molecular complexity index is 1460. The van der Waals surface area contributed by atoms with Crippen molar-refractivity contribution in [2.45, 2.75) is 5.92 Å². The predicted octanol–water partition coefficient (Wildman–Crippen LogP) is 5.56. The monoisotopic (exact) mass is 533 g/mol. The number of hydrogen-bond donors (Lipinski definition) is 1. The number of anilines is 1. The number of nitrogens with two attached hydrogens (primary N) is 1. The Morgan fingerprint density at radius 3 is 2.03 bits per heavy atom. The molecule has 0 amide bonds. The van der Waals surface area contributed by atoms with Crippen molar-refractivity contribution in [2.24, 2.45) is 5.73 Å². The van der Waals surface area contributed by atoms with E-state index in [0.717, 1.165) is 11.1 Å². The highest BCUT2D eigenvalue weighted by molar-refractivity contribution is 6.35. The van der Waals surface area contributed by atoms with Crippen LogP contribution in [-0.4, -0.2) is 26.2 Å². The molecule has 0 aromatic heterocycles. The van der Waals surface area contributed by atoms with Crippen LogP contribution in [0.5, 0.6) is 0 Å². The Morgan fingerprint density at radius 1 is 0.892 bits per heavy atom. The maximum Gasteiger partial charge on any atom is 0.355 e. The fourth-order valence-corrected chi connectivity index (χ4v) is 4.83. The van der Waals surface area contributed by atoms with Crippen molar-refractivity contribution in [3.05, 3.63) is 111 Å². The van der Waals surface area contributed by atoms with Gasteiger partial charge in [-0.1, -0.05) is 65.7 Å². The van der Waals surface area contributed by atoms with Gasteiger partial charge in [-0.05, 0) is 47.0 Å². The lowest BCUT2D eigenvalue weighted by molar-refractivity contribution is -0.139. The summed E-state index contributed by atoms with van der Waals surface area (Å²) < 4.78 is 10.1. The largest absolute Gasteiger partial charge is 0.466 e. The van der Waals surface area contributed by atoms with Gasteiger partial charge in [-0.15, -0.1) is 0 Å². The Kier molecular flexibility index (Phi) is 7.53. The molecule has 7 nitrogen and oxygen atoms in total. The normalized spacial score (nSPS) is 15.3. The second-order valence-electron chi connectivity index (χ2n) is 8.04. The van der Waals surface area contributed by atoms with E-state index in [1.807, 2.05) is 0 Å². The van der Waals surface area contributed by atoms with Crippen LogP contribution in [0.4, 0.5) is 5.69 Å². The number of esters is 2. The summed E-state index contributed by atoms with van der Waals surface area (Å²) in [6.07, 6.45) is 0. The number of rotatable bonds is 5. The fraction of sp³-hybridized carbons (Fsp3) is 0.107. The summed E-state index contributed by atoms with van der Waals surface area (Å²) in [4.78, 5) is 27.6. The average Bonchev–Trinajstić information content (AvgIpc) is 2.91. The van der Waals surface area contributed by atoms with Crippen molar-refractivity contribution in [1.29, 1.82) is 5.26 Å². The van der Waals surface area contributed by atoms with Crippen LogP contribution in [0.2, 0.25) is 10.0 Å². The zero-order chi connectivity index (χ0) is 26.7. The highest BCUT2D eigenvalue weighted by atomic mass is 35.5. The second kappa shape index (κ2) is 10.8. The van der Waals surface area contributed by atoms with E-state index in [0.29, 0.717) is 21.3 Å². The van der Waals surface area contributed by atoms with E-state index < -0.39 is 17.9 Å². The average molecular weight is 534 g/mol. The standard InChI is InChI=1S/C28H21Cl2N3O4/c1-36-27(34)24-23(17-6-4-3-5-7-17)22(15-31)26(32)33(25(24)28(35)37-2)21-10-8-16(9-11-21)18-12-19(29)14-20(30)13-18/h3-14,23H,32H2,1-2H3. The van der Waals surface area contributed by atoms with Crippen LogP contribution in [0.3, 0.4) is 0 Å². The lowest BCUT2D eigenvalue weighted by Gasteiger charge is -2.36. The molecule has 1 aliphatic rings. The van der Waals surface area contributed by atoms with Gasteiger partial charge in [0.15, 0.2) is 0 Å². The molecular weight excluding hydrogens is 513 g/mol. The minimum absolute atomic E-state index is 0.0112. The van der Waals surface area contributed by atoms with Crippen LogP contribution in [0.25, 0.3) is 11.1 Å². The summed E-state index contributed by atoms with van der Waals surface area (Å²) >= 11 is 12.3. The zero-order valence-electron chi connectivity index (χ0n) is 19.9. The molecule has 1 aliphatic heterocycles.